The minimum atomic E-state index is -0.717. The number of ether oxygens (including phenoxy) is 2. The van der Waals surface area contributed by atoms with Crippen LogP contribution in [0, 0.1) is 0 Å². The van der Waals surface area contributed by atoms with E-state index in [9.17, 15) is 19.2 Å². The maximum atomic E-state index is 14.3. The van der Waals surface area contributed by atoms with E-state index in [4.69, 9.17) is 9.47 Å². The molecule has 0 saturated carbocycles. The molecular weight excluding hydrogens is 741 g/mol. The first-order chi connectivity index (χ1) is 26.0. The van der Waals surface area contributed by atoms with E-state index >= 15 is 0 Å². The van der Waals surface area contributed by atoms with Crippen LogP contribution in [0.5, 0.6) is 0 Å². The van der Waals surface area contributed by atoms with Crippen LogP contribution in [0.1, 0.15) is 52.4 Å². The molecule has 278 valence electrons. The van der Waals surface area contributed by atoms with Gasteiger partial charge in [0.2, 0.25) is 5.91 Å². The molecule has 10 nitrogen and oxygen atoms in total. The molecular formula is C41H40N4O6S3. The lowest BCUT2D eigenvalue weighted by Crippen LogP contribution is -2.49. The Labute approximate surface area is 327 Å². The number of para-hydroxylation sites is 1. The van der Waals surface area contributed by atoms with E-state index in [1.807, 2.05) is 117 Å². The SMILES string of the molecule is COC(=O)c1c(NC(=O)C(Sc2cccc(NC(=O)N3c4ccccc4SC4C=CC=CC43)c2)c2ccccc2)sc2c1CCN(C(=O)OC(C)(C)C)C2. The van der Waals surface area contributed by atoms with Gasteiger partial charge in [-0.3, -0.25) is 9.69 Å². The Hall–Kier alpha value is -4.98. The van der Waals surface area contributed by atoms with Gasteiger partial charge in [-0.2, -0.15) is 0 Å². The second-order valence-electron chi connectivity index (χ2n) is 13.9. The van der Waals surface area contributed by atoms with Crippen molar-refractivity contribution in [1.29, 1.82) is 0 Å². The predicted octanol–water partition coefficient (Wildman–Crippen LogP) is 9.31. The maximum Gasteiger partial charge on any atom is 0.410 e. The van der Waals surface area contributed by atoms with Crippen LogP contribution >= 0.6 is 34.9 Å². The number of amides is 4. The number of nitrogens with zero attached hydrogens (tertiary/aromatic N) is 2. The van der Waals surface area contributed by atoms with E-state index < -0.39 is 22.9 Å². The van der Waals surface area contributed by atoms with E-state index in [1.165, 1.54) is 30.2 Å². The summed E-state index contributed by atoms with van der Waals surface area (Å²) in [6.07, 6.45) is 8.14. The molecule has 0 radical (unpaired) electrons. The topological polar surface area (TPSA) is 117 Å². The number of benzene rings is 3. The Balaban J connectivity index is 1.12. The van der Waals surface area contributed by atoms with Crippen molar-refractivity contribution in [2.45, 2.75) is 65.7 Å². The van der Waals surface area contributed by atoms with Crippen molar-refractivity contribution in [1.82, 2.24) is 4.90 Å². The van der Waals surface area contributed by atoms with Crippen molar-refractivity contribution in [2.75, 3.05) is 29.2 Å². The number of esters is 1. The number of carbonyl (C=O) groups is 4. The number of thioether (sulfide) groups is 2. The number of nitrogens with one attached hydrogen (secondary N) is 2. The van der Waals surface area contributed by atoms with Crippen LogP contribution in [0.2, 0.25) is 0 Å². The fraction of sp³-hybridized carbons (Fsp3) is 0.268. The Kier molecular flexibility index (Phi) is 10.9. The molecule has 2 aliphatic heterocycles. The van der Waals surface area contributed by atoms with E-state index in [0.717, 1.165) is 31.5 Å². The first kappa shape index (κ1) is 37.3. The van der Waals surface area contributed by atoms with Crippen LogP contribution in [0.3, 0.4) is 0 Å². The molecule has 13 heteroatoms. The van der Waals surface area contributed by atoms with Crippen LogP contribution in [0.4, 0.5) is 26.0 Å². The van der Waals surface area contributed by atoms with Gasteiger partial charge in [-0.15, -0.1) is 34.9 Å². The van der Waals surface area contributed by atoms with Crippen LogP contribution in [0.15, 0.2) is 113 Å². The van der Waals surface area contributed by atoms with Crippen molar-refractivity contribution in [2.24, 2.45) is 0 Å². The highest BCUT2D eigenvalue weighted by molar-refractivity contribution is 8.00. The van der Waals surface area contributed by atoms with Gasteiger partial charge >= 0.3 is 18.1 Å². The first-order valence-electron chi connectivity index (χ1n) is 17.5. The number of carbonyl (C=O) groups excluding carboxylic acids is 4. The Morgan fingerprint density at radius 3 is 2.46 bits per heavy atom. The smallest absolute Gasteiger partial charge is 0.410 e. The number of thiophene rings is 1. The van der Waals surface area contributed by atoms with Crippen molar-refractivity contribution < 1.29 is 28.7 Å². The van der Waals surface area contributed by atoms with Gasteiger partial charge in [-0.05, 0) is 68.7 Å². The summed E-state index contributed by atoms with van der Waals surface area (Å²) in [5.74, 6) is -0.888. The number of allylic oxidation sites excluding steroid dienone is 2. The molecule has 4 amide bonds. The largest absolute Gasteiger partial charge is 0.465 e. The zero-order valence-corrected chi connectivity index (χ0v) is 32.7. The average molecular weight is 781 g/mol. The molecule has 3 aromatic carbocycles. The third kappa shape index (κ3) is 8.08. The molecule has 3 atom stereocenters. The van der Waals surface area contributed by atoms with Gasteiger partial charge < -0.3 is 25.0 Å². The Morgan fingerprint density at radius 1 is 0.926 bits per heavy atom. The fourth-order valence-electron chi connectivity index (χ4n) is 6.56. The second-order valence-corrected chi connectivity index (χ2v) is 17.4. The van der Waals surface area contributed by atoms with E-state index in [2.05, 4.69) is 22.8 Å². The summed E-state index contributed by atoms with van der Waals surface area (Å²) in [5.41, 5.74) is 2.62. The standard InChI is InChI=1S/C41H40N4O6S3/c1-41(2,3)51-40(49)44-22-21-28-33(24-44)54-37(34(28)38(47)50-4)43-36(46)35(25-13-6-5-7-14-25)52-27-16-12-15-26(23-27)42-39(48)45-29-17-8-10-19-31(29)53-32-20-11-9-18-30(32)45/h5-20,23,29,31,35H,21-22,24H2,1-4H3,(H,42,48)(H,43,46). The van der Waals surface area contributed by atoms with Crippen molar-refractivity contribution >= 4 is 75.2 Å². The maximum absolute atomic E-state index is 14.3. The summed E-state index contributed by atoms with van der Waals surface area (Å²) in [6.45, 7) is 6.06. The monoisotopic (exact) mass is 780 g/mol. The van der Waals surface area contributed by atoms with E-state index in [0.29, 0.717) is 29.2 Å². The van der Waals surface area contributed by atoms with Gasteiger partial charge in [-0.25, -0.2) is 14.4 Å². The third-order valence-corrected chi connectivity index (χ3v) is 12.7. The number of methoxy groups -OCH3 is 1. The average Bonchev–Trinajstić information content (AvgIpc) is 3.52. The highest BCUT2D eigenvalue weighted by Gasteiger charge is 2.37. The lowest BCUT2D eigenvalue weighted by atomic mass is 10.0. The lowest BCUT2D eigenvalue weighted by Gasteiger charge is -2.40. The number of anilines is 3. The van der Waals surface area contributed by atoms with Crippen LogP contribution in [0.25, 0.3) is 0 Å². The number of rotatable bonds is 7. The molecule has 54 heavy (non-hydrogen) atoms. The van der Waals surface area contributed by atoms with Gasteiger partial charge in [-0.1, -0.05) is 72.8 Å². The summed E-state index contributed by atoms with van der Waals surface area (Å²) < 4.78 is 10.8. The van der Waals surface area contributed by atoms with E-state index in [1.54, 1.807) is 16.7 Å². The highest BCUT2D eigenvalue weighted by atomic mass is 32.2. The molecule has 0 fully saturated rings. The predicted molar refractivity (Wildman–Crippen MR) is 216 cm³/mol. The quantitative estimate of drug-likeness (QED) is 0.141. The molecule has 0 saturated heterocycles. The van der Waals surface area contributed by atoms with Crippen molar-refractivity contribution in [3.05, 3.63) is 125 Å². The molecule has 2 N–H and O–H groups in total. The molecule has 0 bridgehead atoms. The zero-order valence-electron chi connectivity index (χ0n) is 30.2. The number of fused-ring (bicyclic) bond motifs is 3. The van der Waals surface area contributed by atoms with Gasteiger partial charge in [0.25, 0.3) is 0 Å². The van der Waals surface area contributed by atoms with Gasteiger partial charge in [0.15, 0.2) is 0 Å². The normalized spacial score (nSPS) is 17.8. The number of hydrogen-bond acceptors (Lipinski definition) is 9. The first-order valence-corrected chi connectivity index (χ1v) is 20.1. The van der Waals surface area contributed by atoms with Gasteiger partial charge in [0, 0.05) is 26.9 Å². The van der Waals surface area contributed by atoms with Gasteiger partial charge in [0.1, 0.15) is 15.9 Å². The molecule has 1 aromatic heterocycles. The molecule has 1 aliphatic carbocycles. The highest BCUT2D eigenvalue weighted by Crippen LogP contribution is 2.45. The van der Waals surface area contributed by atoms with Crippen LogP contribution in [-0.2, 0) is 27.2 Å². The summed E-state index contributed by atoms with van der Waals surface area (Å²) in [6, 6.07) is 24.4. The summed E-state index contributed by atoms with van der Waals surface area (Å²) >= 11 is 4.35. The number of hydrogen-bond donors (Lipinski definition) is 2. The van der Waals surface area contributed by atoms with Crippen molar-refractivity contribution in [3.63, 3.8) is 0 Å². The summed E-state index contributed by atoms with van der Waals surface area (Å²) in [5, 5.41) is 5.90. The third-order valence-electron chi connectivity index (χ3n) is 8.98. The molecule has 4 aromatic rings. The molecule has 0 spiro atoms. The van der Waals surface area contributed by atoms with Crippen LogP contribution < -0.4 is 15.5 Å². The second kappa shape index (κ2) is 15.8. The molecule has 3 unspecified atom stereocenters. The lowest BCUT2D eigenvalue weighted by molar-refractivity contribution is -0.115. The minimum absolute atomic E-state index is 0.0974. The molecule has 3 aliphatic rings. The number of urea groups is 1. The Bertz CT molecular complexity index is 2140. The fourth-order valence-corrected chi connectivity index (χ4v) is 10.2. The van der Waals surface area contributed by atoms with E-state index in [-0.39, 0.29) is 29.8 Å². The Morgan fingerprint density at radius 2 is 1.69 bits per heavy atom. The van der Waals surface area contributed by atoms with Crippen LogP contribution in [-0.4, -0.2) is 59.4 Å². The summed E-state index contributed by atoms with van der Waals surface area (Å²) in [4.78, 5) is 60.3. The zero-order chi connectivity index (χ0) is 38.0. The van der Waals surface area contributed by atoms with Crippen molar-refractivity contribution in [3.8, 4) is 0 Å². The molecule has 3 heterocycles. The molecule has 7 rings (SSSR count). The minimum Gasteiger partial charge on any atom is -0.465 e. The van der Waals surface area contributed by atoms with Gasteiger partial charge in [0.05, 0.1) is 36.2 Å². The summed E-state index contributed by atoms with van der Waals surface area (Å²) in [7, 11) is 1.31.